The topological polar surface area (TPSA) is 24.9 Å². The fourth-order valence-electron chi connectivity index (χ4n) is 1.26. The highest BCUT2D eigenvalue weighted by atomic mass is 19.1. The summed E-state index contributed by atoms with van der Waals surface area (Å²) >= 11 is 0. The van der Waals surface area contributed by atoms with Crippen LogP contribution >= 0.6 is 0 Å². The van der Waals surface area contributed by atoms with E-state index in [2.05, 4.69) is 31.1 Å². The Kier molecular flexibility index (Phi) is 3.44. The van der Waals surface area contributed by atoms with Crippen molar-refractivity contribution in [3.05, 3.63) is 24.3 Å². The van der Waals surface area contributed by atoms with Gasteiger partial charge in [0.05, 0.1) is 0 Å². The predicted molar refractivity (Wildman–Crippen MR) is 56.8 cm³/mol. The lowest BCUT2D eigenvalue weighted by Gasteiger charge is -2.29. The highest BCUT2D eigenvalue weighted by molar-refractivity contribution is 5.43. The number of nitrogens with one attached hydrogen (secondary N) is 1. The number of pyridine rings is 1. The number of anilines is 1. The Morgan fingerprint density at radius 1 is 1.43 bits per heavy atom. The Balaban J connectivity index is 2.77. The van der Waals surface area contributed by atoms with E-state index in [9.17, 15) is 4.39 Å². The fraction of sp³-hybridized carbons (Fsp3) is 0.545. The lowest BCUT2D eigenvalue weighted by molar-refractivity contribution is 0.477. The van der Waals surface area contributed by atoms with Crippen molar-refractivity contribution in [2.75, 3.05) is 5.32 Å². The van der Waals surface area contributed by atoms with E-state index in [4.69, 9.17) is 0 Å². The zero-order valence-electron chi connectivity index (χ0n) is 8.97. The molecule has 1 rings (SSSR count). The SMILES string of the molecule is CCC(C)(CC)Nc1ccnc(F)c1. The third-order valence-corrected chi connectivity index (χ3v) is 2.73. The molecule has 1 aromatic rings. The molecule has 0 aliphatic rings. The molecule has 0 aromatic carbocycles. The van der Waals surface area contributed by atoms with E-state index < -0.39 is 5.95 Å². The van der Waals surface area contributed by atoms with E-state index in [1.165, 1.54) is 12.3 Å². The second-order valence-electron chi connectivity index (χ2n) is 3.76. The highest BCUT2D eigenvalue weighted by Crippen LogP contribution is 2.21. The zero-order valence-corrected chi connectivity index (χ0v) is 8.97. The second-order valence-corrected chi connectivity index (χ2v) is 3.76. The second kappa shape index (κ2) is 4.40. The number of rotatable bonds is 4. The lowest BCUT2D eigenvalue weighted by atomic mass is 9.95. The molecule has 1 heterocycles. The van der Waals surface area contributed by atoms with Gasteiger partial charge in [-0.3, -0.25) is 0 Å². The van der Waals surface area contributed by atoms with Crippen LogP contribution in [0.1, 0.15) is 33.6 Å². The first-order valence-corrected chi connectivity index (χ1v) is 4.99. The van der Waals surface area contributed by atoms with Gasteiger partial charge < -0.3 is 5.32 Å². The standard InChI is InChI=1S/C11H17FN2/c1-4-11(3,5-2)14-9-6-7-13-10(12)8-9/h6-8H,4-5H2,1-3H3,(H,13,14). The van der Waals surface area contributed by atoms with Crippen molar-refractivity contribution in [2.24, 2.45) is 0 Å². The third-order valence-electron chi connectivity index (χ3n) is 2.73. The maximum Gasteiger partial charge on any atom is 0.214 e. The number of nitrogens with zero attached hydrogens (tertiary/aromatic N) is 1. The summed E-state index contributed by atoms with van der Waals surface area (Å²) in [7, 11) is 0. The van der Waals surface area contributed by atoms with Crippen LogP contribution in [0.2, 0.25) is 0 Å². The van der Waals surface area contributed by atoms with Crippen molar-refractivity contribution in [1.82, 2.24) is 4.98 Å². The van der Waals surface area contributed by atoms with Gasteiger partial charge in [-0.1, -0.05) is 13.8 Å². The molecule has 0 radical (unpaired) electrons. The maximum absolute atomic E-state index is 12.8. The molecular formula is C11H17FN2. The van der Waals surface area contributed by atoms with E-state index >= 15 is 0 Å². The quantitative estimate of drug-likeness (QED) is 0.748. The van der Waals surface area contributed by atoms with E-state index in [1.807, 2.05) is 0 Å². The van der Waals surface area contributed by atoms with Crippen molar-refractivity contribution in [3.8, 4) is 0 Å². The van der Waals surface area contributed by atoms with Crippen molar-refractivity contribution < 1.29 is 4.39 Å². The smallest absolute Gasteiger partial charge is 0.214 e. The Morgan fingerprint density at radius 3 is 2.57 bits per heavy atom. The largest absolute Gasteiger partial charge is 0.380 e. The minimum atomic E-state index is -0.440. The summed E-state index contributed by atoms with van der Waals surface area (Å²) in [6.07, 6.45) is 3.49. The summed E-state index contributed by atoms with van der Waals surface area (Å²) in [6, 6.07) is 3.20. The molecule has 3 heteroatoms. The van der Waals surface area contributed by atoms with Gasteiger partial charge in [-0.2, -0.15) is 4.39 Å². The Bertz CT molecular complexity index is 295. The van der Waals surface area contributed by atoms with Gasteiger partial charge in [0.25, 0.3) is 0 Å². The molecule has 1 aromatic heterocycles. The minimum Gasteiger partial charge on any atom is -0.380 e. The van der Waals surface area contributed by atoms with Crippen LogP contribution in [0.25, 0.3) is 0 Å². The van der Waals surface area contributed by atoms with Gasteiger partial charge >= 0.3 is 0 Å². The van der Waals surface area contributed by atoms with Gasteiger partial charge in [-0.15, -0.1) is 0 Å². The van der Waals surface area contributed by atoms with E-state index in [0.717, 1.165) is 18.5 Å². The first-order valence-electron chi connectivity index (χ1n) is 4.99. The summed E-state index contributed by atoms with van der Waals surface area (Å²) in [5, 5.41) is 3.32. The Hall–Kier alpha value is -1.12. The molecule has 0 aliphatic carbocycles. The fourth-order valence-corrected chi connectivity index (χ4v) is 1.26. The molecule has 0 fully saturated rings. The van der Waals surface area contributed by atoms with Crippen molar-refractivity contribution in [1.29, 1.82) is 0 Å². The van der Waals surface area contributed by atoms with E-state index in [-0.39, 0.29) is 5.54 Å². The van der Waals surface area contributed by atoms with Crippen LogP contribution < -0.4 is 5.32 Å². The molecule has 0 amide bonds. The van der Waals surface area contributed by atoms with E-state index in [0.29, 0.717) is 0 Å². The molecule has 0 unspecified atom stereocenters. The lowest BCUT2D eigenvalue weighted by Crippen LogP contribution is -2.32. The first kappa shape index (κ1) is 11.0. The number of hydrogen-bond acceptors (Lipinski definition) is 2. The van der Waals surface area contributed by atoms with Gasteiger partial charge in [0.1, 0.15) is 0 Å². The summed E-state index contributed by atoms with van der Waals surface area (Å²) in [6.45, 7) is 6.37. The zero-order chi connectivity index (χ0) is 10.6. The van der Waals surface area contributed by atoms with Gasteiger partial charge in [-0.05, 0) is 25.8 Å². The van der Waals surface area contributed by atoms with Gasteiger partial charge in [-0.25, -0.2) is 4.98 Å². The first-order chi connectivity index (χ1) is 6.59. The van der Waals surface area contributed by atoms with E-state index in [1.54, 1.807) is 6.07 Å². The van der Waals surface area contributed by atoms with Gasteiger partial charge in [0.2, 0.25) is 5.95 Å². The Labute approximate surface area is 84.6 Å². The molecule has 0 aliphatic heterocycles. The molecule has 78 valence electrons. The van der Waals surface area contributed by atoms with Gasteiger partial charge in [0.15, 0.2) is 0 Å². The summed E-state index contributed by atoms with van der Waals surface area (Å²) < 4.78 is 12.8. The number of halogens is 1. The number of hydrogen-bond donors (Lipinski definition) is 1. The average Bonchev–Trinajstić information content (AvgIpc) is 2.18. The summed E-state index contributed by atoms with van der Waals surface area (Å²) in [5.41, 5.74) is 0.831. The molecule has 0 saturated carbocycles. The molecule has 0 saturated heterocycles. The summed E-state index contributed by atoms with van der Waals surface area (Å²) in [4.78, 5) is 3.51. The average molecular weight is 196 g/mol. The van der Waals surface area contributed by atoms with Crippen LogP contribution in [0.5, 0.6) is 0 Å². The molecule has 14 heavy (non-hydrogen) atoms. The molecule has 0 atom stereocenters. The van der Waals surface area contributed by atoms with Crippen molar-refractivity contribution in [3.63, 3.8) is 0 Å². The predicted octanol–water partition coefficient (Wildman–Crippen LogP) is 3.21. The number of aromatic nitrogens is 1. The minimum absolute atomic E-state index is 0.0355. The van der Waals surface area contributed by atoms with Crippen molar-refractivity contribution in [2.45, 2.75) is 39.2 Å². The maximum atomic E-state index is 12.8. The normalized spacial score (nSPS) is 11.4. The van der Waals surface area contributed by atoms with Crippen LogP contribution in [0.15, 0.2) is 18.3 Å². The van der Waals surface area contributed by atoms with Crippen LogP contribution in [0.3, 0.4) is 0 Å². The third kappa shape index (κ3) is 2.69. The molecule has 0 bridgehead atoms. The van der Waals surface area contributed by atoms with Crippen molar-refractivity contribution >= 4 is 5.69 Å². The van der Waals surface area contributed by atoms with Crippen LogP contribution in [0, 0.1) is 5.95 Å². The molecule has 2 nitrogen and oxygen atoms in total. The molecule has 0 spiro atoms. The van der Waals surface area contributed by atoms with Gasteiger partial charge in [0, 0.05) is 23.5 Å². The molecule has 1 N–H and O–H groups in total. The molecular weight excluding hydrogens is 179 g/mol. The van der Waals surface area contributed by atoms with Crippen LogP contribution in [-0.2, 0) is 0 Å². The summed E-state index contributed by atoms with van der Waals surface area (Å²) in [5.74, 6) is -0.440. The van der Waals surface area contributed by atoms with Crippen LogP contribution in [0.4, 0.5) is 10.1 Å². The van der Waals surface area contributed by atoms with Crippen LogP contribution in [-0.4, -0.2) is 10.5 Å². The Morgan fingerprint density at radius 2 is 2.07 bits per heavy atom. The highest BCUT2D eigenvalue weighted by Gasteiger charge is 2.18. The monoisotopic (exact) mass is 196 g/mol.